The van der Waals surface area contributed by atoms with Crippen LogP contribution >= 0.6 is 0 Å². The summed E-state index contributed by atoms with van der Waals surface area (Å²) in [6.45, 7) is 2.81. The average molecular weight is 340 g/mol. The van der Waals surface area contributed by atoms with E-state index in [1.165, 1.54) is 5.56 Å². The lowest BCUT2D eigenvalue weighted by molar-refractivity contribution is 0.1000. The van der Waals surface area contributed by atoms with Crippen LogP contribution in [0.1, 0.15) is 33.8 Å². The number of ether oxygens (including phenoxy) is 2. The molecule has 1 aliphatic heterocycles. The lowest BCUT2D eigenvalue weighted by Crippen LogP contribution is -2.20. The topological polar surface area (TPSA) is 64.8 Å². The van der Waals surface area contributed by atoms with Crippen molar-refractivity contribution < 1.29 is 14.3 Å². The molecule has 0 bridgehead atoms. The predicted octanol–water partition coefficient (Wildman–Crippen LogP) is 2.79. The van der Waals surface area contributed by atoms with E-state index >= 15 is 0 Å². The van der Waals surface area contributed by atoms with Gasteiger partial charge in [-0.25, -0.2) is 0 Å². The molecule has 1 amide bonds. The van der Waals surface area contributed by atoms with Crippen LogP contribution in [-0.2, 0) is 6.54 Å². The Hall–Kier alpha value is -2.53. The molecule has 0 radical (unpaired) electrons. The fourth-order valence-electron chi connectivity index (χ4n) is 3.39. The zero-order valence-electron chi connectivity index (χ0n) is 14.7. The van der Waals surface area contributed by atoms with E-state index in [1.807, 2.05) is 24.3 Å². The molecule has 25 heavy (non-hydrogen) atoms. The molecule has 3 rings (SSSR count). The SMILES string of the molecule is COc1cc(OC)cc(C2CCN(Cc3cccc(C(N)=O)c3)C2)c1. The van der Waals surface area contributed by atoms with E-state index in [0.29, 0.717) is 11.5 Å². The molecule has 1 unspecified atom stereocenters. The van der Waals surface area contributed by atoms with Crippen LogP contribution in [-0.4, -0.2) is 38.1 Å². The third-order valence-corrected chi connectivity index (χ3v) is 4.74. The largest absolute Gasteiger partial charge is 0.497 e. The molecule has 132 valence electrons. The van der Waals surface area contributed by atoms with Gasteiger partial charge in [-0.05, 0) is 54.3 Å². The predicted molar refractivity (Wildman–Crippen MR) is 97.1 cm³/mol. The number of benzene rings is 2. The van der Waals surface area contributed by atoms with E-state index in [1.54, 1.807) is 20.3 Å². The number of amides is 1. The summed E-state index contributed by atoms with van der Waals surface area (Å²) in [5.41, 5.74) is 8.28. The fraction of sp³-hybridized carbons (Fsp3) is 0.350. The molecule has 0 aromatic heterocycles. The van der Waals surface area contributed by atoms with Crippen LogP contribution in [0, 0.1) is 0 Å². The molecule has 1 fully saturated rings. The third kappa shape index (κ3) is 4.12. The zero-order valence-corrected chi connectivity index (χ0v) is 14.7. The molecular formula is C20H24N2O3. The Morgan fingerprint density at radius 2 is 1.88 bits per heavy atom. The quantitative estimate of drug-likeness (QED) is 0.878. The lowest BCUT2D eigenvalue weighted by atomic mass is 9.98. The van der Waals surface area contributed by atoms with Crippen LogP contribution in [0.4, 0.5) is 0 Å². The maximum atomic E-state index is 11.3. The van der Waals surface area contributed by atoms with Crippen molar-refractivity contribution >= 4 is 5.91 Å². The van der Waals surface area contributed by atoms with E-state index in [0.717, 1.165) is 43.1 Å². The molecule has 5 heteroatoms. The highest BCUT2D eigenvalue weighted by Gasteiger charge is 2.25. The van der Waals surface area contributed by atoms with Gasteiger partial charge in [0.2, 0.25) is 5.91 Å². The number of hydrogen-bond donors (Lipinski definition) is 1. The van der Waals surface area contributed by atoms with Crippen LogP contribution in [0.2, 0.25) is 0 Å². The molecule has 0 saturated carbocycles. The fourth-order valence-corrected chi connectivity index (χ4v) is 3.39. The maximum Gasteiger partial charge on any atom is 0.248 e. The van der Waals surface area contributed by atoms with Crippen molar-refractivity contribution in [3.63, 3.8) is 0 Å². The molecule has 1 aliphatic rings. The second kappa shape index (κ2) is 7.57. The molecule has 1 saturated heterocycles. The molecule has 1 heterocycles. The normalized spacial score (nSPS) is 17.4. The van der Waals surface area contributed by atoms with Crippen LogP contribution in [0.3, 0.4) is 0 Å². The number of primary amides is 1. The second-order valence-corrected chi connectivity index (χ2v) is 6.43. The minimum atomic E-state index is -0.385. The Bertz CT molecular complexity index is 738. The van der Waals surface area contributed by atoms with E-state index < -0.39 is 0 Å². The zero-order chi connectivity index (χ0) is 17.8. The minimum absolute atomic E-state index is 0.385. The van der Waals surface area contributed by atoms with Crippen molar-refractivity contribution in [3.8, 4) is 11.5 Å². The van der Waals surface area contributed by atoms with Gasteiger partial charge in [0.15, 0.2) is 0 Å². The summed E-state index contributed by atoms with van der Waals surface area (Å²) in [6, 6.07) is 13.6. The minimum Gasteiger partial charge on any atom is -0.497 e. The van der Waals surface area contributed by atoms with Gasteiger partial charge >= 0.3 is 0 Å². The highest BCUT2D eigenvalue weighted by molar-refractivity contribution is 5.92. The van der Waals surface area contributed by atoms with Crippen LogP contribution in [0.15, 0.2) is 42.5 Å². The Balaban J connectivity index is 1.70. The Morgan fingerprint density at radius 3 is 2.52 bits per heavy atom. The number of carbonyl (C=O) groups is 1. The number of likely N-dealkylation sites (tertiary alicyclic amines) is 1. The van der Waals surface area contributed by atoms with Crippen LogP contribution in [0.5, 0.6) is 11.5 Å². The first kappa shape index (κ1) is 17.3. The lowest BCUT2D eigenvalue weighted by Gasteiger charge is -2.17. The maximum absolute atomic E-state index is 11.3. The van der Waals surface area contributed by atoms with Gasteiger partial charge in [-0.1, -0.05) is 12.1 Å². The molecule has 5 nitrogen and oxygen atoms in total. The number of hydrogen-bond acceptors (Lipinski definition) is 4. The number of nitrogens with two attached hydrogens (primary N) is 1. The summed E-state index contributed by atoms with van der Waals surface area (Å²) in [7, 11) is 3.34. The highest BCUT2D eigenvalue weighted by atomic mass is 16.5. The highest BCUT2D eigenvalue weighted by Crippen LogP contribution is 2.33. The first-order valence-corrected chi connectivity index (χ1v) is 8.43. The van der Waals surface area contributed by atoms with Gasteiger partial charge in [0, 0.05) is 24.7 Å². The summed E-state index contributed by atoms with van der Waals surface area (Å²) in [6.07, 6.45) is 1.09. The summed E-state index contributed by atoms with van der Waals surface area (Å²) in [5, 5.41) is 0. The standard InChI is InChI=1S/C20H24N2O3/c1-24-18-9-17(10-19(11-18)25-2)16-6-7-22(13-16)12-14-4-3-5-15(8-14)20(21)23/h3-5,8-11,16H,6-7,12-13H2,1-2H3,(H2,21,23). The van der Waals surface area contributed by atoms with Crippen molar-refractivity contribution in [2.75, 3.05) is 27.3 Å². The van der Waals surface area contributed by atoms with E-state index in [-0.39, 0.29) is 5.91 Å². The van der Waals surface area contributed by atoms with Gasteiger partial charge in [0.1, 0.15) is 11.5 Å². The number of methoxy groups -OCH3 is 2. The molecule has 2 aromatic carbocycles. The number of rotatable bonds is 6. The summed E-state index contributed by atoms with van der Waals surface area (Å²) < 4.78 is 10.8. The van der Waals surface area contributed by atoms with Gasteiger partial charge in [0.05, 0.1) is 14.2 Å². The molecule has 0 aliphatic carbocycles. The molecular weight excluding hydrogens is 316 g/mol. The summed E-state index contributed by atoms with van der Waals surface area (Å²) in [5.74, 6) is 1.71. The first-order chi connectivity index (χ1) is 12.1. The Kier molecular flexibility index (Phi) is 5.24. The van der Waals surface area contributed by atoms with Crippen molar-refractivity contribution in [2.45, 2.75) is 18.9 Å². The Labute approximate surface area is 148 Å². The van der Waals surface area contributed by atoms with Crippen molar-refractivity contribution in [1.29, 1.82) is 0 Å². The van der Waals surface area contributed by atoms with Crippen LogP contribution in [0.25, 0.3) is 0 Å². The van der Waals surface area contributed by atoms with Crippen molar-refractivity contribution in [2.24, 2.45) is 5.73 Å². The van der Waals surface area contributed by atoms with E-state index in [4.69, 9.17) is 15.2 Å². The Morgan fingerprint density at radius 1 is 1.16 bits per heavy atom. The van der Waals surface area contributed by atoms with E-state index in [9.17, 15) is 4.79 Å². The van der Waals surface area contributed by atoms with Crippen molar-refractivity contribution in [1.82, 2.24) is 4.90 Å². The molecule has 2 N–H and O–H groups in total. The van der Waals surface area contributed by atoms with Gasteiger partial charge in [-0.15, -0.1) is 0 Å². The third-order valence-electron chi connectivity index (χ3n) is 4.74. The second-order valence-electron chi connectivity index (χ2n) is 6.43. The van der Waals surface area contributed by atoms with Gasteiger partial charge in [-0.3, -0.25) is 9.69 Å². The van der Waals surface area contributed by atoms with Gasteiger partial charge in [-0.2, -0.15) is 0 Å². The van der Waals surface area contributed by atoms with Crippen LogP contribution < -0.4 is 15.2 Å². The number of nitrogens with zero attached hydrogens (tertiary/aromatic N) is 1. The number of carbonyl (C=O) groups excluding carboxylic acids is 1. The molecule has 0 spiro atoms. The first-order valence-electron chi connectivity index (χ1n) is 8.43. The van der Waals surface area contributed by atoms with Gasteiger partial charge in [0.25, 0.3) is 0 Å². The monoisotopic (exact) mass is 340 g/mol. The average Bonchev–Trinajstić information content (AvgIpc) is 3.10. The van der Waals surface area contributed by atoms with Crippen molar-refractivity contribution in [3.05, 3.63) is 59.2 Å². The van der Waals surface area contributed by atoms with Gasteiger partial charge < -0.3 is 15.2 Å². The summed E-state index contributed by atoms with van der Waals surface area (Å²) >= 11 is 0. The smallest absolute Gasteiger partial charge is 0.248 e. The summed E-state index contributed by atoms with van der Waals surface area (Å²) in [4.78, 5) is 13.7. The molecule has 2 aromatic rings. The van der Waals surface area contributed by atoms with E-state index in [2.05, 4.69) is 17.0 Å². The molecule has 1 atom stereocenters.